The highest BCUT2D eigenvalue weighted by Gasteiger charge is 2.34. The van der Waals surface area contributed by atoms with Gasteiger partial charge in [-0.15, -0.1) is 0 Å². The second kappa shape index (κ2) is 8.03. The summed E-state index contributed by atoms with van der Waals surface area (Å²) in [5, 5.41) is 5.52. The molecule has 1 heterocycles. The van der Waals surface area contributed by atoms with Crippen LogP contribution in [-0.2, 0) is 9.53 Å². The summed E-state index contributed by atoms with van der Waals surface area (Å²) >= 11 is 0. The molecule has 2 aliphatic rings. The number of hydrogen-bond acceptors (Lipinski definition) is 4. The summed E-state index contributed by atoms with van der Waals surface area (Å²) in [6.07, 6.45) is 2.76. The summed E-state index contributed by atoms with van der Waals surface area (Å²) < 4.78 is 11.0. The van der Waals surface area contributed by atoms with Crippen molar-refractivity contribution in [1.82, 2.24) is 10.6 Å². The van der Waals surface area contributed by atoms with E-state index < -0.39 is 6.04 Å². The number of methoxy groups -OCH3 is 1. The van der Waals surface area contributed by atoms with E-state index in [1.54, 1.807) is 14.0 Å². The minimum Gasteiger partial charge on any atom is -0.497 e. The van der Waals surface area contributed by atoms with Gasteiger partial charge in [0.2, 0.25) is 0 Å². The number of hydrogen-bond donors (Lipinski definition) is 2. The van der Waals surface area contributed by atoms with Crippen molar-refractivity contribution in [3.05, 3.63) is 41.1 Å². The van der Waals surface area contributed by atoms with Gasteiger partial charge in [-0.2, -0.15) is 0 Å². The van der Waals surface area contributed by atoms with E-state index in [1.807, 2.05) is 24.3 Å². The molecule has 0 spiro atoms. The number of amides is 2. The summed E-state index contributed by atoms with van der Waals surface area (Å²) in [6.45, 7) is 6.19. The Balaban J connectivity index is 1.81. The molecule has 1 aliphatic heterocycles. The van der Waals surface area contributed by atoms with Gasteiger partial charge < -0.3 is 20.1 Å². The number of ether oxygens (including phenoxy) is 2. The van der Waals surface area contributed by atoms with Crippen LogP contribution in [0.5, 0.6) is 5.75 Å². The van der Waals surface area contributed by atoms with E-state index >= 15 is 0 Å². The van der Waals surface area contributed by atoms with Gasteiger partial charge in [-0.3, -0.25) is 0 Å². The fraction of sp³-hybridized carbons (Fsp3) is 0.524. The number of carbonyl (C=O) groups is 2. The first kappa shape index (κ1) is 19.3. The summed E-state index contributed by atoms with van der Waals surface area (Å²) in [7, 11) is 1.60. The lowest BCUT2D eigenvalue weighted by molar-refractivity contribution is -0.147. The fourth-order valence-electron chi connectivity index (χ4n) is 3.83. The van der Waals surface area contributed by atoms with Gasteiger partial charge in [0.25, 0.3) is 0 Å². The third-order valence-electron chi connectivity index (χ3n) is 5.76. The SMILES string of the molecule is COc1ccc([C@H]2NC(=O)NC(C)=C2C(=O)O[C@@H]2CC[C@@H](C)[C@@H](C)C2)cc1. The molecule has 6 nitrogen and oxygen atoms in total. The van der Waals surface area contributed by atoms with Crippen LogP contribution in [0.2, 0.25) is 0 Å². The standard InChI is InChI=1S/C21H28N2O4/c1-12-5-8-17(11-13(12)2)27-20(24)18-14(3)22-21(25)23-19(18)15-6-9-16(26-4)10-7-15/h6-7,9-10,12-13,17,19H,5,8,11H2,1-4H3,(H2,22,23,25)/t12-,13+,17-,19-/m1/s1. The van der Waals surface area contributed by atoms with Gasteiger partial charge in [-0.25, -0.2) is 9.59 Å². The Labute approximate surface area is 160 Å². The summed E-state index contributed by atoms with van der Waals surface area (Å²) in [5.74, 6) is 1.54. The van der Waals surface area contributed by atoms with Crippen molar-refractivity contribution in [2.24, 2.45) is 11.8 Å². The van der Waals surface area contributed by atoms with Crippen molar-refractivity contribution in [2.45, 2.75) is 52.2 Å². The van der Waals surface area contributed by atoms with Crippen molar-refractivity contribution >= 4 is 12.0 Å². The van der Waals surface area contributed by atoms with Gasteiger partial charge in [0.15, 0.2) is 0 Å². The van der Waals surface area contributed by atoms with E-state index in [4.69, 9.17) is 9.47 Å². The van der Waals surface area contributed by atoms with Crippen molar-refractivity contribution in [1.29, 1.82) is 0 Å². The molecular weight excluding hydrogens is 344 g/mol. The van der Waals surface area contributed by atoms with E-state index in [0.29, 0.717) is 28.9 Å². The van der Waals surface area contributed by atoms with Crippen LogP contribution < -0.4 is 15.4 Å². The Hall–Kier alpha value is -2.50. The lowest BCUT2D eigenvalue weighted by Gasteiger charge is -2.33. The minimum absolute atomic E-state index is 0.0712. The summed E-state index contributed by atoms with van der Waals surface area (Å²) in [5.41, 5.74) is 1.79. The third kappa shape index (κ3) is 4.26. The summed E-state index contributed by atoms with van der Waals surface area (Å²) in [4.78, 5) is 25.0. The smallest absolute Gasteiger partial charge is 0.338 e. The molecule has 2 amide bonds. The number of esters is 1. The van der Waals surface area contributed by atoms with Crippen LogP contribution in [0.3, 0.4) is 0 Å². The summed E-state index contributed by atoms with van der Waals surface area (Å²) in [6, 6.07) is 6.44. The number of allylic oxidation sites excluding steroid dienone is 1. The molecule has 1 aromatic rings. The van der Waals surface area contributed by atoms with E-state index in [2.05, 4.69) is 24.5 Å². The highest BCUT2D eigenvalue weighted by molar-refractivity contribution is 5.95. The van der Waals surface area contributed by atoms with Crippen LogP contribution >= 0.6 is 0 Å². The predicted molar refractivity (Wildman–Crippen MR) is 102 cm³/mol. The molecule has 3 rings (SSSR count). The Kier molecular flexibility index (Phi) is 5.73. The van der Waals surface area contributed by atoms with Crippen LogP contribution in [0, 0.1) is 11.8 Å². The lowest BCUT2D eigenvalue weighted by atomic mass is 9.80. The molecule has 146 valence electrons. The van der Waals surface area contributed by atoms with E-state index in [0.717, 1.165) is 24.8 Å². The molecule has 0 radical (unpaired) electrons. The average Bonchev–Trinajstić information content (AvgIpc) is 2.64. The Morgan fingerprint density at radius 3 is 2.44 bits per heavy atom. The van der Waals surface area contributed by atoms with Crippen molar-refractivity contribution in [3.63, 3.8) is 0 Å². The maximum atomic E-state index is 13.0. The molecule has 0 aromatic heterocycles. The molecule has 6 heteroatoms. The molecule has 4 atom stereocenters. The predicted octanol–water partition coefficient (Wildman–Crippen LogP) is 3.69. The van der Waals surface area contributed by atoms with Gasteiger partial charge in [0.05, 0.1) is 18.7 Å². The Bertz CT molecular complexity index is 741. The fourth-order valence-corrected chi connectivity index (χ4v) is 3.83. The zero-order chi connectivity index (χ0) is 19.6. The van der Waals surface area contributed by atoms with Crippen LogP contribution in [0.1, 0.15) is 51.6 Å². The van der Waals surface area contributed by atoms with Crippen molar-refractivity contribution in [2.75, 3.05) is 7.11 Å². The first-order valence-corrected chi connectivity index (χ1v) is 9.52. The maximum Gasteiger partial charge on any atom is 0.338 e. The maximum absolute atomic E-state index is 13.0. The molecule has 1 aliphatic carbocycles. The molecular formula is C21H28N2O4. The van der Waals surface area contributed by atoms with Gasteiger partial charge in [0.1, 0.15) is 11.9 Å². The van der Waals surface area contributed by atoms with Gasteiger partial charge in [-0.05, 0) is 55.7 Å². The van der Waals surface area contributed by atoms with Crippen molar-refractivity contribution < 1.29 is 19.1 Å². The van der Waals surface area contributed by atoms with Crippen LogP contribution in [0.4, 0.5) is 4.79 Å². The van der Waals surface area contributed by atoms with Gasteiger partial charge in [-0.1, -0.05) is 26.0 Å². The molecule has 0 bridgehead atoms. The largest absolute Gasteiger partial charge is 0.497 e. The number of nitrogens with one attached hydrogen (secondary N) is 2. The number of carbonyl (C=O) groups excluding carboxylic acids is 2. The van der Waals surface area contributed by atoms with Gasteiger partial charge in [0, 0.05) is 5.70 Å². The third-order valence-corrected chi connectivity index (χ3v) is 5.76. The monoisotopic (exact) mass is 372 g/mol. The van der Waals surface area contributed by atoms with Crippen molar-refractivity contribution in [3.8, 4) is 5.75 Å². The van der Waals surface area contributed by atoms with E-state index in [1.165, 1.54) is 0 Å². The highest BCUT2D eigenvalue weighted by Crippen LogP contribution is 2.33. The molecule has 1 saturated carbocycles. The highest BCUT2D eigenvalue weighted by atomic mass is 16.5. The molecule has 1 fully saturated rings. The quantitative estimate of drug-likeness (QED) is 0.790. The molecule has 0 unspecified atom stereocenters. The van der Waals surface area contributed by atoms with Gasteiger partial charge >= 0.3 is 12.0 Å². The molecule has 0 saturated heterocycles. The first-order chi connectivity index (χ1) is 12.9. The van der Waals surface area contributed by atoms with Crippen LogP contribution in [-0.4, -0.2) is 25.2 Å². The zero-order valence-electron chi connectivity index (χ0n) is 16.4. The number of rotatable bonds is 4. The van der Waals surface area contributed by atoms with Crippen LogP contribution in [0.25, 0.3) is 0 Å². The topological polar surface area (TPSA) is 76.7 Å². The first-order valence-electron chi connectivity index (χ1n) is 9.52. The second-order valence-corrected chi connectivity index (χ2v) is 7.64. The van der Waals surface area contributed by atoms with E-state index in [9.17, 15) is 9.59 Å². The Morgan fingerprint density at radius 1 is 1.11 bits per heavy atom. The van der Waals surface area contributed by atoms with E-state index in [-0.39, 0.29) is 18.1 Å². The average molecular weight is 372 g/mol. The molecule has 1 aromatic carbocycles. The van der Waals surface area contributed by atoms with Crippen LogP contribution in [0.15, 0.2) is 35.5 Å². The number of urea groups is 1. The zero-order valence-corrected chi connectivity index (χ0v) is 16.4. The second-order valence-electron chi connectivity index (χ2n) is 7.64. The lowest BCUT2D eigenvalue weighted by Crippen LogP contribution is -2.45. The normalized spacial score (nSPS) is 28.2. The Morgan fingerprint density at radius 2 is 1.81 bits per heavy atom. The molecule has 27 heavy (non-hydrogen) atoms. The molecule has 2 N–H and O–H groups in total. The number of benzene rings is 1. The minimum atomic E-state index is -0.544.